The van der Waals surface area contributed by atoms with Crippen LogP contribution in [0.4, 0.5) is 5.69 Å². The van der Waals surface area contributed by atoms with Crippen LogP contribution in [-0.2, 0) is 6.42 Å². The van der Waals surface area contributed by atoms with Gasteiger partial charge in [0.25, 0.3) is 0 Å². The maximum Gasteiger partial charge on any atom is 0.176 e. The quantitative estimate of drug-likeness (QED) is 0.832. The molecule has 114 valence electrons. The number of carbonyl (C=O) groups is 1. The molecule has 0 saturated heterocycles. The Morgan fingerprint density at radius 3 is 2.71 bits per heavy atom. The zero-order chi connectivity index (χ0) is 14.5. The van der Waals surface area contributed by atoms with Crippen LogP contribution in [0.3, 0.4) is 0 Å². The van der Waals surface area contributed by atoms with Crippen molar-refractivity contribution in [2.45, 2.75) is 57.4 Å². The van der Waals surface area contributed by atoms with Crippen molar-refractivity contribution >= 4 is 11.5 Å². The first kappa shape index (κ1) is 14.6. The Kier molecular flexibility index (Phi) is 4.91. The Balaban J connectivity index is 1.53. The highest BCUT2D eigenvalue weighted by Crippen LogP contribution is 2.23. The lowest BCUT2D eigenvalue weighted by Gasteiger charge is -2.20. The summed E-state index contributed by atoms with van der Waals surface area (Å²) in [5.74, 6) is 0.228. The number of anilines is 1. The number of rotatable bonds is 4. The monoisotopic (exact) mass is 286 g/mol. The molecule has 0 aromatic heterocycles. The van der Waals surface area contributed by atoms with Crippen LogP contribution in [0.15, 0.2) is 18.2 Å². The molecule has 1 aromatic rings. The number of fused-ring (bicyclic) bond motifs is 1. The number of hydrogen-bond donors (Lipinski definition) is 2. The molecule has 1 saturated carbocycles. The second kappa shape index (κ2) is 7.08. The summed E-state index contributed by atoms with van der Waals surface area (Å²) in [6.07, 6.45) is 10.2. The highest BCUT2D eigenvalue weighted by molar-refractivity contribution is 5.98. The van der Waals surface area contributed by atoms with Crippen LogP contribution in [0.25, 0.3) is 0 Å². The van der Waals surface area contributed by atoms with E-state index < -0.39 is 0 Å². The van der Waals surface area contributed by atoms with Crippen molar-refractivity contribution in [3.8, 4) is 0 Å². The smallest absolute Gasteiger partial charge is 0.176 e. The SMILES string of the molecule is O=C(CNC1CCCCCCC1)c1ccc2c(c1)CCN2. The van der Waals surface area contributed by atoms with Crippen LogP contribution in [0, 0.1) is 0 Å². The van der Waals surface area contributed by atoms with Crippen LogP contribution in [0.2, 0.25) is 0 Å². The Morgan fingerprint density at radius 2 is 1.90 bits per heavy atom. The van der Waals surface area contributed by atoms with E-state index >= 15 is 0 Å². The molecular weight excluding hydrogens is 260 g/mol. The lowest BCUT2D eigenvalue weighted by Crippen LogP contribution is -2.34. The summed E-state index contributed by atoms with van der Waals surface area (Å²) in [5.41, 5.74) is 3.34. The first-order chi connectivity index (χ1) is 10.3. The van der Waals surface area contributed by atoms with E-state index in [-0.39, 0.29) is 5.78 Å². The Morgan fingerprint density at radius 1 is 1.14 bits per heavy atom. The molecule has 0 amide bonds. The Bertz CT molecular complexity index is 490. The fourth-order valence-electron chi connectivity index (χ4n) is 3.48. The van der Waals surface area contributed by atoms with Gasteiger partial charge in [-0.15, -0.1) is 0 Å². The van der Waals surface area contributed by atoms with Gasteiger partial charge in [-0.25, -0.2) is 0 Å². The van der Waals surface area contributed by atoms with E-state index in [0.717, 1.165) is 18.5 Å². The first-order valence-electron chi connectivity index (χ1n) is 8.46. The second-order valence-electron chi connectivity index (χ2n) is 6.39. The van der Waals surface area contributed by atoms with E-state index in [1.54, 1.807) is 0 Å². The van der Waals surface area contributed by atoms with Crippen LogP contribution < -0.4 is 10.6 Å². The van der Waals surface area contributed by atoms with Gasteiger partial charge in [0, 0.05) is 23.8 Å². The highest BCUT2D eigenvalue weighted by Gasteiger charge is 2.15. The summed E-state index contributed by atoms with van der Waals surface area (Å²) < 4.78 is 0. The number of benzene rings is 1. The maximum absolute atomic E-state index is 12.4. The van der Waals surface area contributed by atoms with E-state index in [1.807, 2.05) is 12.1 Å². The molecule has 0 atom stereocenters. The van der Waals surface area contributed by atoms with Crippen molar-refractivity contribution in [2.75, 3.05) is 18.4 Å². The number of carbonyl (C=O) groups excluding carboxylic acids is 1. The lowest BCUT2D eigenvalue weighted by atomic mass is 9.96. The summed E-state index contributed by atoms with van der Waals surface area (Å²) in [6, 6.07) is 6.60. The third-order valence-electron chi connectivity index (χ3n) is 4.79. The number of Topliss-reactive ketones (excluding diaryl/α,β-unsaturated/α-hetero) is 1. The highest BCUT2D eigenvalue weighted by atomic mass is 16.1. The third-order valence-corrected chi connectivity index (χ3v) is 4.79. The van der Waals surface area contributed by atoms with E-state index in [2.05, 4.69) is 16.7 Å². The van der Waals surface area contributed by atoms with E-state index in [0.29, 0.717) is 12.6 Å². The zero-order valence-corrected chi connectivity index (χ0v) is 12.8. The number of ketones is 1. The Hall–Kier alpha value is -1.35. The summed E-state index contributed by atoms with van der Waals surface area (Å²) in [6.45, 7) is 1.48. The lowest BCUT2D eigenvalue weighted by molar-refractivity contribution is 0.0985. The molecule has 1 aliphatic heterocycles. The average Bonchev–Trinajstić information content (AvgIpc) is 2.93. The fraction of sp³-hybridized carbons (Fsp3) is 0.611. The van der Waals surface area contributed by atoms with E-state index in [4.69, 9.17) is 0 Å². The molecule has 2 N–H and O–H groups in total. The van der Waals surface area contributed by atoms with Crippen molar-refractivity contribution < 1.29 is 4.79 Å². The van der Waals surface area contributed by atoms with Gasteiger partial charge >= 0.3 is 0 Å². The fourth-order valence-corrected chi connectivity index (χ4v) is 3.48. The molecule has 3 rings (SSSR count). The van der Waals surface area contributed by atoms with Crippen molar-refractivity contribution in [3.05, 3.63) is 29.3 Å². The minimum atomic E-state index is 0.228. The van der Waals surface area contributed by atoms with Gasteiger partial charge in [0.2, 0.25) is 0 Å². The van der Waals surface area contributed by atoms with Gasteiger partial charge in [-0.05, 0) is 43.0 Å². The molecule has 0 radical (unpaired) electrons. The first-order valence-corrected chi connectivity index (χ1v) is 8.46. The van der Waals surface area contributed by atoms with Crippen LogP contribution in [0.5, 0.6) is 0 Å². The summed E-state index contributed by atoms with van der Waals surface area (Å²) >= 11 is 0. The van der Waals surface area contributed by atoms with Gasteiger partial charge in [-0.3, -0.25) is 4.79 Å². The molecule has 3 heteroatoms. The molecule has 3 nitrogen and oxygen atoms in total. The molecule has 1 aromatic carbocycles. The van der Waals surface area contributed by atoms with Gasteiger partial charge in [-0.2, -0.15) is 0 Å². The summed E-state index contributed by atoms with van der Waals surface area (Å²) in [4.78, 5) is 12.4. The largest absolute Gasteiger partial charge is 0.384 e. The van der Waals surface area contributed by atoms with Gasteiger partial charge in [-0.1, -0.05) is 32.1 Å². The molecule has 1 fully saturated rings. The second-order valence-corrected chi connectivity index (χ2v) is 6.39. The number of nitrogens with one attached hydrogen (secondary N) is 2. The summed E-state index contributed by atoms with van der Waals surface area (Å²) in [5, 5.41) is 6.83. The standard InChI is InChI=1S/C18H26N2O/c21-18(13-20-16-6-4-2-1-3-5-7-16)15-8-9-17-14(12-15)10-11-19-17/h8-9,12,16,19-20H,1-7,10-11,13H2. The van der Waals surface area contributed by atoms with Crippen LogP contribution in [-0.4, -0.2) is 24.9 Å². The van der Waals surface area contributed by atoms with Crippen LogP contribution >= 0.6 is 0 Å². The molecule has 0 bridgehead atoms. The van der Waals surface area contributed by atoms with Crippen LogP contribution in [0.1, 0.15) is 60.9 Å². The summed E-state index contributed by atoms with van der Waals surface area (Å²) in [7, 11) is 0. The molecular formula is C18H26N2O. The van der Waals surface area contributed by atoms with E-state index in [1.165, 1.54) is 56.2 Å². The normalized spacial score (nSPS) is 19.4. The topological polar surface area (TPSA) is 41.1 Å². The predicted molar refractivity (Wildman–Crippen MR) is 87.1 cm³/mol. The molecule has 1 aliphatic carbocycles. The van der Waals surface area contributed by atoms with Crippen molar-refractivity contribution in [2.24, 2.45) is 0 Å². The molecule has 1 heterocycles. The van der Waals surface area contributed by atoms with Gasteiger partial charge < -0.3 is 10.6 Å². The third kappa shape index (κ3) is 3.85. The molecule has 0 unspecified atom stereocenters. The van der Waals surface area contributed by atoms with Crippen molar-refractivity contribution in [3.63, 3.8) is 0 Å². The molecule has 2 aliphatic rings. The maximum atomic E-state index is 12.4. The number of hydrogen-bond acceptors (Lipinski definition) is 3. The van der Waals surface area contributed by atoms with Gasteiger partial charge in [0.05, 0.1) is 6.54 Å². The minimum absolute atomic E-state index is 0.228. The Labute approximate surface area is 127 Å². The van der Waals surface area contributed by atoms with Gasteiger partial charge in [0.15, 0.2) is 5.78 Å². The van der Waals surface area contributed by atoms with Crippen molar-refractivity contribution in [1.82, 2.24) is 5.32 Å². The predicted octanol–water partition coefficient (Wildman–Crippen LogP) is 3.54. The van der Waals surface area contributed by atoms with Gasteiger partial charge in [0.1, 0.15) is 0 Å². The minimum Gasteiger partial charge on any atom is -0.384 e. The van der Waals surface area contributed by atoms with Crippen molar-refractivity contribution in [1.29, 1.82) is 0 Å². The molecule has 0 spiro atoms. The molecule has 21 heavy (non-hydrogen) atoms. The van der Waals surface area contributed by atoms with E-state index in [9.17, 15) is 4.79 Å². The average molecular weight is 286 g/mol. The zero-order valence-electron chi connectivity index (χ0n) is 12.8.